The van der Waals surface area contributed by atoms with Crippen molar-refractivity contribution in [3.05, 3.63) is 24.3 Å². The van der Waals surface area contributed by atoms with Gasteiger partial charge in [-0.1, -0.05) is 169 Å². The van der Waals surface area contributed by atoms with Gasteiger partial charge in [-0.3, -0.25) is 4.79 Å². The van der Waals surface area contributed by atoms with Gasteiger partial charge in [0.15, 0.2) is 49.9 Å². The quantitative estimate of drug-likeness (QED) is 0.0293. The highest BCUT2D eigenvalue weighted by molar-refractivity contribution is 6.76. The second-order valence-electron chi connectivity index (χ2n) is 35.6. The smallest absolute Gasteiger partial charge is 0.311 e. The Balaban J connectivity index is 4.28. The van der Waals surface area contributed by atoms with Crippen LogP contribution < -0.4 is 0 Å². The molecule has 0 radical (unpaired) electrons. The highest BCUT2D eigenvalue weighted by Gasteiger charge is 2.58. The maximum atomic E-state index is 14.7. The van der Waals surface area contributed by atoms with Crippen LogP contribution in [0.5, 0.6) is 0 Å². The van der Waals surface area contributed by atoms with Crippen molar-refractivity contribution in [1.82, 2.24) is 0 Å². The van der Waals surface area contributed by atoms with Crippen LogP contribution in [-0.2, 0) is 45.6 Å². The lowest BCUT2D eigenvalue weighted by Gasteiger charge is -2.54. The molecule has 0 aromatic carbocycles. The minimum atomic E-state index is -2.56. The van der Waals surface area contributed by atoms with Gasteiger partial charge in [0.25, 0.3) is 0 Å². The summed E-state index contributed by atoms with van der Waals surface area (Å²) < 4.78 is 65.7. The fourth-order valence-corrected chi connectivity index (χ4v) is 17.5. The van der Waals surface area contributed by atoms with Gasteiger partial charge in [-0.05, 0) is 174 Å². The molecule has 1 fully saturated rings. The van der Waals surface area contributed by atoms with E-state index in [1.807, 2.05) is 6.92 Å². The predicted molar refractivity (Wildman–Crippen MR) is 386 cm³/mol. The summed E-state index contributed by atoms with van der Waals surface area (Å²) in [4.78, 5) is 14.7. The van der Waals surface area contributed by atoms with Crippen molar-refractivity contribution in [2.75, 3.05) is 7.11 Å². The van der Waals surface area contributed by atoms with E-state index in [1.165, 1.54) is 0 Å². The van der Waals surface area contributed by atoms with E-state index in [0.29, 0.717) is 44.9 Å². The lowest BCUT2D eigenvalue weighted by atomic mass is 9.87. The molecule has 17 heteroatoms. The van der Waals surface area contributed by atoms with Gasteiger partial charge in [0.1, 0.15) is 24.4 Å². The zero-order chi connectivity index (χ0) is 68.6. The highest BCUT2D eigenvalue weighted by Crippen LogP contribution is 2.49. The maximum absolute atomic E-state index is 14.7. The third-order valence-electron chi connectivity index (χ3n) is 22.0. The van der Waals surface area contributed by atoms with E-state index in [2.05, 4.69) is 243 Å². The van der Waals surface area contributed by atoms with Crippen LogP contribution in [0.25, 0.3) is 0 Å². The molecule has 0 aliphatic carbocycles. The Kier molecular flexibility index (Phi) is 30.9. The molecule has 0 aromatic rings. The molecule has 11 nitrogen and oxygen atoms in total. The number of rotatable bonds is 33. The highest BCUT2D eigenvalue weighted by atomic mass is 28.4. The summed E-state index contributed by atoms with van der Waals surface area (Å²) in [7, 11) is -12.5. The molecule has 1 aliphatic heterocycles. The summed E-state index contributed by atoms with van der Waals surface area (Å²) in [5.74, 6) is 0.476. The van der Waals surface area contributed by atoms with E-state index in [-0.39, 0.29) is 60.4 Å². The molecule has 0 aromatic heterocycles. The maximum Gasteiger partial charge on any atom is 0.311 e. The molecule has 512 valence electrons. The van der Waals surface area contributed by atoms with E-state index in [9.17, 15) is 9.90 Å². The molecule has 0 amide bonds. The number of carbonyl (C=O) groups is 1. The van der Waals surface area contributed by atoms with Gasteiger partial charge in [0.05, 0.1) is 30.3 Å². The summed E-state index contributed by atoms with van der Waals surface area (Å²) in [6.45, 7) is 80.5. The van der Waals surface area contributed by atoms with E-state index in [1.54, 1.807) is 13.2 Å². The number of hydrogen-bond donors (Lipinski definition) is 1. The van der Waals surface area contributed by atoms with Crippen LogP contribution in [0.3, 0.4) is 0 Å². The Hall–Kier alpha value is -0.549. The fourth-order valence-electron chi connectivity index (χ4n) is 9.53. The predicted octanol–water partition coefficient (Wildman–Crippen LogP) is 20.3. The van der Waals surface area contributed by atoms with Gasteiger partial charge < -0.3 is 45.9 Å². The average molecular weight is 1330 g/mol. The average Bonchev–Trinajstić information content (AvgIpc) is 0.806. The zero-order valence-corrected chi connectivity index (χ0v) is 69.4. The number of unbranched alkanes of at least 4 members (excludes halogenated alkanes) is 1. The Morgan fingerprint density at radius 2 is 1.10 bits per heavy atom. The molecule has 0 spiro atoms. The molecule has 1 heterocycles. The van der Waals surface area contributed by atoms with Crippen molar-refractivity contribution >= 4 is 55.9 Å². The summed E-state index contributed by atoms with van der Waals surface area (Å²) in [5, 5.41) is 11.4. The first-order valence-electron chi connectivity index (χ1n) is 33.7. The second-order valence-corrected chi connectivity index (χ2v) is 64.1. The van der Waals surface area contributed by atoms with E-state index < -0.39 is 98.2 Å². The summed E-state index contributed by atoms with van der Waals surface area (Å²) >= 11 is 0. The summed E-state index contributed by atoms with van der Waals surface area (Å²) in [6, 6.07) is 0. The van der Waals surface area contributed by atoms with Gasteiger partial charge in [-0.15, -0.1) is 13.0 Å². The van der Waals surface area contributed by atoms with Crippen molar-refractivity contribution in [2.45, 2.75) is 386 Å². The molecule has 87 heavy (non-hydrogen) atoms. The normalized spacial score (nSPS) is 22.1. The Morgan fingerprint density at radius 1 is 0.655 bits per heavy atom. The number of terminal acetylenes is 1. The number of aliphatic hydroxyl groups is 1. The van der Waals surface area contributed by atoms with Crippen LogP contribution in [-0.4, -0.2) is 129 Å². The number of hydrogen-bond acceptors (Lipinski definition) is 11. The van der Waals surface area contributed by atoms with Crippen LogP contribution >= 0.6 is 0 Å². The number of carbonyl (C=O) groups excluding carboxylic acids is 1. The van der Waals surface area contributed by atoms with Crippen LogP contribution in [0.4, 0.5) is 0 Å². The van der Waals surface area contributed by atoms with E-state index >= 15 is 0 Å². The molecule has 1 rings (SSSR count). The number of ether oxygens (including phenoxy) is 3. The molecule has 0 bridgehead atoms. The Bertz CT molecular complexity index is 2200. The third kappa shape index (κ3) is 24.0. The monoisotopic (exact) mass is 1330 g/mol. The first kappa shape index (κ1) is 84.5. The summed E-state index contributed by atoms with van der Waals surface area (Å²) in [6.07, 6.45) is 12.6. The lowest BCUT2D eigenvalue weighted by Crippen LogP contribution is -2.66. The molecular weight excluding hydrogens is 1190 g/mol. The number of methoxy groups -OCH3 is 1. The van der Waals surface area contributed by atoms with Crippen LogP contribution in [0.1, 0.15) is 217 Å². The van der Waals surface area contributed by atoms with Gasteiger partial charge in [0, 0.05) is 25.6 Å². The molecule has 2 unspecified atom stereocenters. The molecule has 0 saturated carbocycles. The number of aliphatic hydroxyl groups excluding tert-OH is 1. The van der Waals surface area contributed by atoms with Gasteiger partial charge >= 0.3 is 5.97 Å². The first-order valence-corrected chi connectivity index (χ1v) is 51.1. The standard InChI is InChI=1S/C70H142O11Si6/c1-38-41-42-59(74-63(72)53(6)58(40-3)78-84(30,31)66(13,14)15)60(79-85(32,33)67(16,17)18)45-43-56(77-83(28,29)65(10,11)12)49-55-44-46-61(80-86(34,35)68(19,20)21)70(73-25,75-55)62(81-87(36,37)69(22,23)24)48-51(4)47-52(5)57(71)50-54(39-2)76-82(26,27)64(7,8)9/h2,40,47,52-62,71H,3,38,41-46,48-50H2,1,4-37H3/b51-47+/t52-,53+,54+,55+,56-,57?,58-,59+,60+,61+,62+,70?/m0/s1. The van der Waals surface area contributed by atoms with Crippen LogP contribution in [0.15, 0.2) is 24.3 Å². The van der Waals surface area contributed by atoms with Crippen molar-refractivity contribution in [3.63, 3.8) is 0 Å². The molecule has 1 aliphatic rings. The van der Waals surface area contributed by atoms with Crippen LogP contribution in [0.2, 0.25) is 109 Å². The van der Waals surface area contributed by atoms with Crippen molar-refractivity contribution in [3.8, 4) is 12.3 Å². The minimum absolute atomic E-state index is 0.0224. The molecule has 1 N–H and O–H groups in total. The third-order valence-corrected chi connectivity index (χ3v) is 49.0. The SMILES string of the molecule is C#C[C@H](CC(O)[C@@H](C)/C=C(\C)C[C@@H](O[Si](C)(C)C(C)(C)C)C1(OC)O[C@@H](C[C@H](CC[C@@H](O[Si](C)(C)C(C)(C)C)[C@@H](CCCC)OC(=O)[C@H](C)[C@H](C=C)O[Si](C)(C)C(C)(C)C)O[Si](C)(C)C(C)(C)C)CC[C@H]1O[Si](C)(C)C(C)(C)C)O[Si](C)(C)C(C)(C)C. The first-order chi connectivity index (χ1) is 38.8. The van der Waals surface area contributed by atoms with Crippen LogP contribution in [0, 0.1) is 24.2 Å². The van der Waals surface area contributed by atoms with Gasteiger partial charge in [-0.2, -0.15) is 0 Å². The zero-order valence-electron chi connectivity index (χ0n) is 63.4. The lowest BCUT2D eigenvalue weighted by molar-refractivity contribution is -0.342. The van der Waals surface area contributed by atoms with Crippen molar-refractivity contribution < 1.29 is 50.7 Å². The Labute approximate surface area is 545 Å². The number of esters is 1. The van der Waals surface area contributed by atoms with E-state index in [0.717, 1.165) is 24.8 Å². The van der Waals surface area contributed by atoms with Gasteiger partial charge in [-0.25, -0.2) is 0 Å². The van der Waals surface area contributed by atoms with E-state index in [4.69, 9.17) is 47.2 Å². The van der Waals surface area contributed by atoms with Crippen molar-refractivity contribution in [1.29, 1.82) is 0 Å². The second kappa shape index (κ2) is 31.8. The molecule has 12 atom stereocenters. The summed E-state index contributed by atoms with van der Waals surface area (Å²) in [5.41, 5.74) is 1.06. The fraction of sp³-hybridized carbons (Fsp3) is 0.900. The van der Waals surface area contributed by atoms with Crippen molar-refractivity contribution in [2.24, 2.45) is 11.8 Å². The minimum Gasteiger partial charge on any atom is -0.459 e. The topological polar surface area (TPSA) is 120 Å². The Morgan fingerprint density at radius 3 is 1.54 bits per heavy atom. The largest absolute Gasteiger partial charge is 0.459 e. The van der Waals surface area contributed by atoms with Gasteiger partial charge in [0.2, 0.25) is 5.79 Å². The molecular formula is C70H142O11Si6. The molecule has 1 saturated heterocycles.